The number of hydrogen-bond acceptors (Lipinski definition) is 3. The molecule has 1 saturated heterocycles. The van der Waals surface area contributed by atoms with Crippen LogP contribution in [0.5, 0.6) is 0 Å². The third-order valence-corrected chi connectivity index (χ3v) is 3.28. The van der Waals surface area contributed by atoms with Gasteiger partial charge >= 0.3 is 5.97 Å². The van der Waals surface area contributed by atoms with Gasteiger partial charge in [0.1, 0.15) is 11.7 Å². The van der Waals surface area contributed by atoms with Crippen molar-refractivity contribution >= 4 is 11.9 Å². The topological polar surface area (TPSA) is 66.8 Å². The lowest BCUT2D eigenvalue weighted by atomic mass is 10.0. The van der Waals surface area contributed by atoms with Crippen LogP contribution >= 0.6 is 0 Å². The fourth-order valence-corrected chi connectivity index (χ4v) is 2.11. The maximum Gasteiger partial charge on any atom is 0.311 e. The van der Waals surface area contributed by atoms with E-state index >= 15 is 0 Å². The highest BCUT2D eigenvalue weighted by Gasteiger charge is 2.38. The lowest BCUT2D eigenvalue weighted by molar-refractivity contribution is -0.142. The second-order valence-electron chi connectivity index (χ2n) is 4.47. The Kier molecular flexibility index (Phi) is 3.80. The maximum atomic E-state index is 12.8. The minimum atomic E-state index is -0.985. The van der Waals surface area contributed by atoms with E-state index in [4.69, 9.17) is 9.84 Å². The van der Waals surface area contributed by atoms with Crippen LogP contribution in [0.1, 0.15) is 10.4 Å². The molecule has 2 atom stereocenters. The molecular weight excluding hydrogens is 253 g/mol. The van der Waals surface area contributed by atoms with E-state index in [2.05, 4.69) is 0 Å². The molecule has 0 spiro atoms. The van der Waals surface area contributed by atoms with E-state index in [9.17, 15) is 14.0 Å². The number of carbonyl (C=O) groups is 2. The molecule has 0 aromatic heterocycles. The molecule has 19 heavy (non-hydrogen) atoms. The van der Waals surface area contributed by atoms with Crippen LogP contribution < -0.4 is 0 Å². The Morgan fingerprint density at radius 2 is 1.95 bits per heavy atom. The lowest BCUT2D eigenvalue weighted by Crippen LogP contribution is -2.44. The zero-order valence-electron chi connectivity index (χ0n) is 10.4. The smallest absolute Gasteiger partial charge is 0.311 e. The van der Waals surface area contributed by atoms with Gasteiger partial charge in [-0.25, -0.2) is 4.39 Å². The van der Waals surface area contributed by atoms with E-state index in [1.54, 1.807) is 0 Å². The van der Waals surface area contributed by atoms with Gasteiger partial charge in [-0.1, -0.05) is 0 Å². The summed E-state index contributed by atoms with van der Waals surface area (Å²) < 4.78 is 17.9. The summed E-state index contributed by atoms with van der Waals surface area (Å²) in [7, 11) is 1.53. The van der Waals surface area contributed by atoms with Gasteiger partial charge in [0.2, 0.25) is 0 Å². The molecule has 6 heteroatoms. The van der Waals surface area contributed by atoms with Crippen molar-refractivity contribution in [2.75, 3.05) is 20.3 Å². The van der Waals surface area contributed by atoms with Crippen molar-refractivity contribution in [3.8, 4) is 0 Å². The predicted octanol–water partition coefficient (Wildman–Crippen LogP) is 0.997. The molecule has 0 saturated carbocycles. The van der Waals surface area contributed by atoms with E-state index < -0.39 is 23.7 Å². The second-order valence-corrected chi connectivity index (χ2v) is 4.47. The fourth-order valence-electron chi connectivity index (χ4n) is 2.11. The van der Waals surface area contributed by atoms with Crippen molar-refractivity contribution < 1.29 is 23.8 Å². The molecule has 0 aliphatic carbocycles. The molecule has 102 valence electrons. The Bertz CT molecular complexity index is 488. The number of halogens is 1. The van der Waals surface area contributed by atoms with Gasteiger partial charge in [-0.3, -0.25) is 9.59 Å². The average molecular weight is 267 g/mol. The number of hydrogen-bond donors (Lipinski definition) is 1. The Hall–Kier alpha value is -1.95. The maximum absolute atomic E-state index is 12.8. The molecule has 0 bridgehead atoms. The van der Waals surface area contributed by atoms with Crippen LogP contribution in [0, 0.1) is 11.7 Å². The van der Waals surface area contributed by atoms with E-state index in [1.807, 2.05) is 0 Å². The number of nitrogens with zero attached hydrogens (tertiary/aromatic N) is 1. The number of rotatable bonds is 3. The van der Waals surface area contributed by atoms with Gasteiger partial charge in [0.05, 0.1) is 19.3 Å². The third kappa shape index (κ3) is 2.73. The van der Waals surface area contributed by atoms with E-state index in [0.29, 0.717) is 5.56 Å². The summed E-state index contributed by atoms with van der Waals surface area (Å²) in [6.07, 6.45) is 0. The van der Waals surface area contributed by atoms with Gasteiger partial charge in [-0.05, 0) is 24.3 Å². The number of amides is 1. The number of benzene rings is 1. The number of carboxylic acid groups (broad SMARTS) is 1. The van der Waals surface area contributed by atoms with Crippen molar-refractivity contribution in [1.29, 1.82) is 0 Å². The minimum Gasteiger partial charge on any atom is -0.481 e. The Morgan fingerprint density at radius 1 is 1.32 bits per heavy atom. The molecule has 1 fully saturated rings. The molecule has 0 radical (unpaired) electrons. The highest BCUT2D eigenvalue weighted by molar-refractivity contribution is 5.94. The van der Waals surface area contributed by atoms with E-state index in [-0.39, 0.29) is 19.1 Å². The third-order valence-electron chi connectivity index (χ3n) is 3.28. The zero-order valence-corrected chi connectivity index (χ0v) is 10.4. The molecule has 1 heterocycles. The zero-order chi connectivity index (χ0) is 14.0. The SMILES string of the molecule is CN(C(=O)c1ccc(F)cc1)C1COCC1C(=O)O. The first-order chi connectivity index (χ1) is 9.00. The Balaban J connectivity index is 2.14. The first kappa shape index (κ1) is 13.5. The van der Waals surface area contributed by atoms with Crippen LogP contribution in [0.4, 0.5) is 4.39 Å². The number of aliphatic carboxylic acids is 1. The van der Waals surface area contributed by atoms with Crippen LogP contribution in [0.25, 0.3) is 0 Å². The number of carbonyl (C=O) groups excluding carboxylic acids is 1. The monoisotopic (exact) mass is 267 g/mol. The normalized spacial score (nSPS) is 22.2. The molecule has 1 aliphatic rings. The van der Waals surface area contributed by atoms with Gasteiger partial charge < -0.3 is 14.7 Å². The summed E-state index contributed by atoms with van der Waals surface area (Å²) in [5.74, 6) is -2.48. The van der Waals surface area contributed by atoms with Crippen molar-refractivity contribution in [2.24, 2.45) is 5.92 Å². The quantitative estimate of drug-likeness (QED) is 0.887. The van der Waals surface area contributed by atoms with Crippen LogP contribution in [0.3, 0.4) is 0 Å². The number of carboxylic acids is 1. The van der Waals surface area contributed by atoms with Crippen molar-refractivity contribution in [1.82, 2.24) is 4.90 Å². The highest BCUT2D eigenvalue weighted by Crippen LogP contribution is 2.20. The van der Waals surface area contributed by atoms with Crippen LogP contribution in [0.15, 0.2) is 24.3 Å². The molecule has 1 aromatic rings. The van der Waals surface area contributed by atoms with Crippen molar-refractivity contribution in [3.05, 3.63) is 35.6 Å². The second kappa shape index (κ2) is 5.36. The first-order valence-corrected chi connectivity index (χ1v) is 5.84. The largest absolute Gasteiger partial charge is 0.481 e. The fraction of sp³-hybridized carbons (Fsp3) is 0.385. The first-order valence-electron chi connectivity index (χ1n) is 5.84. The molecule has 1 aromatic carbocycles. The van der Waals surface area contributed by atoms with E-state index in [1.165, 1.54) is 36.2 Å². The van der Waals surface area contributed by atoms with Crippen LogP contribution in [-0.2, 0) is 9.53 Å². The highest BCUT2D eigenvalue weighted by atomic mass is 19.1. The van der Waals surface area contributed by atoms with Gasteiger partial charge in [-0.2, -0.15) is 0 Å². The molecule has 2 rings (SSSR count). The lowest BCUT2D eigenvalue weighted by Gasteiger charge is -2.26. The summed E-state index contributed by atoms with van der Waals surface area (Å²) in [5.41, 5.74) is 0.319. The summed E-state index contributed by atoms with van der Waals surface area (Å²) in [6, 6.07) is 4.64. The summed E-state index contributed by atoms with van der Waals surface area (Å²) in [4.78, 5) is 24.6. The Labute approximate surface area is 109 Å². The van der Waals surface area contributed by atoms with Crippen LogP contribution in [0.2, 0.25) is 0 Å². The van der Waals surface area contributed by atoms with E-state index in [0.717, 1.165) is 0 Å². The molecule has 2 unspecified atom stereocenters. The summed E-state index contributed by atoms with van der Waals surface area (Å²) >= 11 is 0. The molecular formula is C13H14FNO4. The predicted molar refractivity (Wildman–Crippen MR) is 64.2 cm³/mol. The van der Waals surface area contributed by atoms with Gasteiger partial charge in [-0.15, -0.1) is 0 Å². The van der Waals surface area contributed by atoms with Crippen molar-refractivity contribution in [2.45, 2.75) is 6.04 Å². The standard InChI is InChI=1S/C13H14FNO4/c1-15(11-7-19-6-10(11)13(17)18)12(16)8-2-4-9(14)5-3-8/h2-5,10-11H,6-7H2,1H3,(H,17,18). The molecule has 5 nitrogen and oxygen atoms in total. The number of ether oxygens (including phenoxy) is 1. The van der Waals surface area contributed by atoms with Gasteiger partial charge in [0.25, 0.3) is 5.91 Å². The average Bonchev–Trinajstić information content (AvgIpc) is 2.87. The molecule has 1 N–H and O–H groups in total. The minimum absolute atomic E-state index is 0.0983. The Morgan fingerprint density at radius 3 is 2.53 bits per heavy atom. The van der Waals surface area contributed by atoms with Gasteiger partial charge in [0, 0.05) is 12.6 Å². The van der Waals surface area contributed by atoms with Gasteiger partial charge in [0.15, 0.2) is 0 Å². The van der Waals surface area contributed by atoms with Crippen molar-refractivity contribution in [3.63, 3.8) is 0 Å². The summed E-state index contributed by atoms with van der Waals surface area (Å²) in [5, 5.41) is 9.05. The number of likely N-dealkylation sites (N-methyl/N-ethyl adjacent to an activating group) is 1. The van der Waals surface area contributed by atoms with Crippen LogP contribution in [-0.4, -0.2) is 48.2 Å². The molecule has 1 aliphatic heterocycles. The summed E-state index contributed by atoms with van der Waals surface area (Å²) in [6.45, 7) is 0.293. The molecule has 1 amide bonds.